The molecular weight excluding hydrogens is 266 g/mol. The summed E-state index contributed by atoms with van der Waals surface area (Å²) in [5.41, 5.74) is 2.79. The maximum Gasteiger partial charge on any atom is 0.0438 e. The van der Waals surface area contributed by atoms with Gasteiger partial charge >= 0.3 is 0 Å². The lowest BCUT2D eigenvalue weighted by atomic mass is 9.83. The molecule has 1 aromatic carbocycles. The summed E-state index contributed by atoms with van der Waals surface area (Å²) in [5.74, 6) is 1.51. The number of benzene rings is 1. The first-order valence-corrected chi connectivity index (χ1v) is 8.06. The van der Waals surface area contributed by atoms with Gasteiger partial charge in [0.15, 0.2) is 0 Å². The fraction of sp³-hybridized carbons (Fsp3) is 0.556. The van der Waals surface area contributed by atoms with Crippen molar-refractivity contribution < 1.29 is 0 Å². The molecule has 0 saturated heterocycles. The van der Waals surface area contributed by atoms with Gasteiger partial charge in [0.05, 0.1) is 0 Å². The predicted molar refractivity (Wildman–Crippen MR) is 88.3 cm³/mol. The summed E-state index contributed by atoms with van der Waals surface area (Å²) in [6, 6.07) is 8.61. The van der Waals surface area contributed by atoms with Gasteiger partial charge in [-0.25, -0.2) is 0 Å². The summed E-state index contributed by atoms with van der Waals surface area (Å²) >= 11 is 6.22. The summed E-state index contributed by atoms with van der Waals surface area (Å²) in [5, 5.41) is 4.56. The Hall–Kier alpha value is -0.790. The number of rotatable bonds is 5. The Morgan fingerprint density at radius 2 is 2.10 bits per heavy atom. The Kier molecular flexibility index (Phi) is 5.68. The Bertz CT molecular complexity index is 466. The molecule has 0 spiro atoms. The van der Waals surface area contributed by atoms with E-state index in [1.54, 1.807) is 5.57 Å². The highest BCUT2D eigenvalue weighted by Crippen LogP contribution is 2.27. The standard InChI is InChI=1S/C18H26ClN/c1-13-8-14(2)10-16(9-13)12-20-15(3)11-17-6-4-5-7-18(17)19/h4-8,13,15-16,20H,9-12H2,1-3H3. The molecule has 3 unspecified atom stereocenters. The van der Waals surface area contributed by atoms with E-state index in [2.05, 4.69) is 44.3 Å². The SMILES string of the molecule is CC1=CC(C)CC(CNC(C)Cc2ccccc2Cl)C1. The predicted octanol–water partition coefficient (Wildman–Crippen LogP) is 4.85. The second-order valence-electron chi connectivity index (χ2n) is 6.40. The van der Waals surface area contributed by atoms with Crippen molar-refractivity contribution in [3.05, 3.63) is 46.5 Å². The van der Waals surface area contributed by atoms with Gasteiger partial charge in [0.1, 0.15) is 0 Å². The average molecular weight is 292 g/mol. The number of allylic oxidation sites excluding steroid dienone is 2. The van der Waals surface area contributed by atoms with E-state index in [9.17, 15) is 0 Å². The molecule has 0 saturated carbocycles. The zero-order chi connectivity index (χ0) is 14.5. The summed E-state index contributed by atoms with van der Waals surface area (Å²) in [4.78, 5) is 0. The monoisotopic (exact) mass is 291 g/mol. The molecule has 20 heavy (non-hydrogen) atoms. The van der Waals surface area contributed by atoms with Gasteiger partial charge < -0.3 is 5.32 Å². The van der Waals surface area contributed by atoms with Gasteiger partial charge in [-0.2, -0.15) is 0 Å². The zero-order valence-electron chi connectivity index (χ0n) is 12.8. The quantitative estimate of drug-likeness (QED) is 0.765. The zero-order valence-corrected chi connectivity index (χ0v) is 13.6. The van der Waals surface area contributed by atoms with E-state index in [1.165, 1.54) is 18.4 Å². The smallest absolute Gasteiger partial charge is 0.0438 e. The van der Waals surface area contributed by atoms with Crippen molar-refractivity contribution in [2.45, 2.75) is 46.1 Å². The Morgan fingerprint density at radius 3 is 2.80 bits per heavy atom. The first-order valence-electron chi connectivity index (χ1n) is 7.68. The summed E-state index contributed by atoms with van der Waals surface area (Å²) < 4.78 is 0. The average Bonchev–Trinajstić information content (AvgIpc) is 2.38. The molecule has 1 aromatic rings. The third kappa shape index (κ3) is 4.64. The van der Waals surface area contributed by atoms with Gasteiger partial charge in [-0.15, -0.1) is 0 Å². The molecule has 1 N–H and O–H groups in total. The maximum absolute atomic E-state index is 6.22. The van der Waals surface area contributed by atoms with E-state index in [0.29, 0.717) is 6.04 Å². The van der Waals surface area contributed by atoms with Crippen LogP contribution in [0.4, 0.5) is 0 Å². The minimum Gasteiger partial charge on any atom is -0.314 e. The van der Waals surface area contributed by atoms with Crippen LogP contribution in [0.25, 0.3) is 0 Å². The summed E-state index contributed by atoms with van der Waals surface area (Å²) in [6.07, 6.45) is 5.97. The second kappa shape index (κ2) is 7.28. The van der Waals surface area contributed by atoms with Gasteiger partial charge in [0.25, 0.3) is 0 Å². The lowest BCUT2D eigenvalue weighted by molar-refractivity contribution is 0.364. The van der Waals surface area contributed by atoms with Crippen molar-refractivity contribution in [2.24, 2.45) is 11.8 Å². The molecule has 0 radical (unpaired) electrons. The van der Waals surface area contributed by atoms with Crippen LogP contribution in [0.15, 0.2) is 35.9 Å². The Labute approximate surface area is 128 Å². The molecule has 2 heteroatoms. The Morgan fingerprint density at radius 1 is 1.35 bits per heavy atom. The molecule has 1 aliphatic carbocycles. The summed E-state index contributed by atoms with van der Waals surface area (Å²) in [6.45, 7) is 7.94. The van der Waals surface area contributed by atoms with Crippen LogP contribution in [-0.2, 0) is 6.42 Å². The van der Waals surface area contributed by atoms with Crippen LogP contribution >= 0.6 is 11.6 Å². The number of hydrogen-bond donors (Lipinski definition) is 1. The first-order chi connectivity index (χ1) is 9.54. The third-order valence-electron chi connectivity index (χ3n) is 4.12. The Balaban J connectivity index is 1.80. The van der Waals surface area contributed by atoms with Crippen LogP contribution < -0.4 is 5.32 Å². The van der Waals surface area contributed by atoms with E-state index in [0.717, 1.165) is 29.8 Å². The molecule has 3 atom stereocenters. The third-order valence-corrected chi connectivity index (χ3v) is 4.49. The van der Waals surface area contributed by atoms with Crippen LogP contribution in [0.2, 0.25) is 5.02 Å². The van der Waals surface area contributed by atoms with Crippen molar-refractivity contribution in [2.75, 3.05) is 6.54 Å². The second-order valence-corrected chi connectivity index (χ2v) is 6.81. The lowest BCUT2D eigenvalue weighted by Gasteiger charge is -2.27. The molecule has 0 aromatic heterocycles. The molecule has 0 aliphatic heterocycles. The molecule has 1 nitrogen and oxygen atoms in total. The largest absolute Gasteiger partial charge is 0.314 e. The van der Waals surface area contributed by atoms with E-state index in [1.807, 2.05) is 12.1 Å². The van der Waals surface area contributed by atoms with Gasteiger partial charge in [0.2, 0.25) is 0 Å². The van der Waals surface area contributed by atoms with E-state index in [-0.39, 0.29) is 0 Å². The topological polar surface area (TPSA) is 12.0 Å². The van der Waals surface area contributed by atoms with Crippen LogP contribution in [0.5, 0.6) is 0 Å². The minimum absolute atomic E-state index is 0.469. The van der Waals surface area contributed by atoms with E-state index >= 15 is 0 Å². The molecule has 1 aliphatic rings. The van der Waals surface area contributed by atoms with Crippen molar-refractivity contribution in [1.29, 1.82) is 0 Å². The van der Waals surface area contributed by atoms with Gasteiger partial charge in [-0.05, 0) is 63.1 Å². The normalized spacial score (nSPS) is 24.3. The molecule has 0 amide bonds. The van der Waals surface area contributed by atoms with Crippen LogP contribution in [0, 0.1) is 11.8 Å². The van der Waals surface area contributed by atoms with Crippen molar-refractivity contribution >= 4 is 11.6 Å². The van der Waals surface area contributed by atoms with E-state index in [4.69, 9.17) is 11.6 Å². The van der Waals surface area contributed by atoms with Gasteiger partial charge in [-0.1, -0.05) is 48.4 Å². The number of nitrogens with one attached hydrogen (secondary N) is 1. The molecule has 0 heterocycles. The van der Waals surface area contributed by atoms with Crippen LogP contribution in [-0.4, -0.2) is 12.6 Å². The highest BCUT2D eigenvalue weighted by molar-refractivity contribution is 6.31. The van der Waals surface area contributed by atoms with Gasteiger partial charge in [-0.3, -0.25) is 0 Å². The molecule has 110 valence electrons. The number of hydrogen-bond acceptors (Lipinski definition) is 1. The number of halogens is 1. The fourth-order valence-electron chi connectivity index (χ4n) is 3.28. The maximum atomic E-state index is 6.22. The summed E-state index contributed by atoms with van der Waals surface area (Å²) in [7, 11) is 0. The van der Waals surface area contributed by atoms with Crippen molar-refractivity contribution in [1.82, 2.24) is 5.32 Å². The minimum atomic E-state index is 0.469. The molecule has 0 fully saturated rings. The van der Waals surface area contributed by atoms with Crippen LogP contribution in [0.1, 0.15) is 39.2 Å². The lowest BCUT2D eigenvalue weighted by Crippen LogP contribution is -2.34. The highest BCUT2D eigenvalue weighted by atomic mass is 35.5. The van der Waals surface area contributed by atoms with Crippen molar-refractivity contribution in [3.63, 3.8) is 0 Å². The van der Waals surface area contributed by atoms with Crippen LogP contribution in [0.3, 0.4) is 0 Å². The fourth-order valence-corrected chi connectivity index (χ4v) is 3.49. The molecular formula is C18H26ClN. The van der Waals surface area contributed by atoms with Crippen molar-refractivity contribution in [3.8, 4) is 0 Å². The highest BCUT2D eigenvalue weighted by Gasteiger charge is 2.18. The molecule has 2 rings (SSSR count). The first kappa shape index (κ1) is 15.6. The van der Waals surface area contributed by atoms with E-state index < -0.39 is 0 Å². The molecule has 0 bridgehead atoms. The van der Waals surface area contributed by atoms with Gasteiger partial charge in [0, 0.05) is 11.1 Å².